The van der Waals surface area contributed by atoms with E-state index in [1.54, 1.807) is 0 Å². The molecule has 1 aliphatic carbocycles. The summed E-state index contributed by atoms with van der Waals surface area (Å²) in [6.45, 7) is 2.32. The van der Waals surface area contributed by atoms with Crippen molar-refractivity contribution >= 4 is 39.8 Å². The molecular formula is C22H17Cl2N3. The first-order valence-electron chi connectivity index (χ1n) is 9.02. The molecule has 134 valence electrons. The van der Waals surface area contributed by atoms with Crippen LogP contribution in [-0.4, -0.2) is 17.0 Å². The molecule has 3 nitrogen and oxygen atoms in total. The van der Waals surface area contributed by atoms with Crippen molar-refractivity contribution < 1.29 is 0 Å². The third kappa shape index (κ3) is 1.75. The molecule has 0 unspecified atom stereocenters. The smallest absolute Gasteiger partial charge is 0.0831 e. The van der Waals surface area contributed by atoms with Gasteiger partial charge in [-0.25, -0.2) is 0 Å². The molecule has 0 saturated carbocycles. The van der Waals surface area contributed by atoms with E-state index in [2.05, 4.69) is 65.5 Å². The largest absolute Gasteiger partial charge is 0.367 e. The Hall–Kier alpha value is -2.36. The van der Waals surface area contributed by atoms with Crippen LogP contribution in [0.25, 0.3) is 22.0 Å². The number of fused-ring (bicyclic) bond motifs is 10. The fraction of sp³-hybridized carbons (Fsp3) is 0.182. The summed E-state index contributed by atoms with van der Waals surface area (Å²) in [5, 5.41) is 2.70. The number of aromatic nitrogens is 2. The molecule has 0 bridgehead atoms. The highest BCUT2D eigenvalue weighted by Crippen LogP contribution is 2.62. The molecule has 0 fully saturated rings. The number of hydrogen-bond donors (Lipinski definition) is 2. The minimum absolute atomic E-state index is 0.162. The molecule has 2 aromatic heterocycles. The summed E-state index contributed by atoms with van der Waals surface area (Å²) in [5.74, 6) is 0. The van der Waals surface area contributed by atoms with Crippen molar-refractivity contribution in [2.24, 2.45) is 0 Å². The summed E-state index contributed by atoms with van der Waals surface area (Å²) in [6.07, 6.45) is 4.24. The summed E-state index contributed by atoms with van der Waals surface area (Å²) in [5.41, 5.74) is 8.43. The van der Waals surface area contributed by atoms with E-state index >= 15 is 0 Å². The number of nitrogens with zero attached hydrogens (tertiary/aromatic N) is 1. The van der Waals surface area contributed by atoms with E-state index < -0.39 is 0 Å². The van der Waals surface area contributed by atoms with Gasteiger partial charge < -0.3 is 14.9 Å². The second-order valence-electron chi connectivity index (χ2n) is 7.76. The highest BCUT2D eigenvalue weighted by Gasteiger charge is 2.54. The van der Waals surface area contributed by atoms with E-state index in [1.165, 1.54) is 39.0 Å². The summed E-state index contributed by atoms with van der Waals surface area (Å²) in [7, 11) is 2.17. The van der Waals surface area contributed by atoms with Gasteiger partial charge in [-0.2, -0.15) is 0 Å². The molecule has 0 saturated heterocycles. The van der Waals surface area contributed by atoms with Crippen molar-refractivity contribution in [3.05, 3.63) is 75.7 Å². The van der Waals surface area contributed by atoms with E-state index in [9.17, 15) is 0 Å². The first kappa shape index (κ1) is 15.7. The lowest BCUT2D eigenvalue weighted by Crippen LogP contribution is -2.37. The fourth-order valence-corrected chi connectivity index (χ4v) is 5.70. The van der Waals surface area contributed by atoms with Gasteiger partial charge in [-0.15, -0.1) is 0 Å². The number of halogens is 2. The first-order valence-corrected chi connectivity index (χ1v) is 9.77. The highest BCUT2D eigenvalue weighted by molar-refractivity contribution is 6.31. The Bertz CT molecular complexity index is 1250. The van der Waals surface area contributed by atoms with Crippen LogP contribution in [0.1, 0.15) is 29.8 Å². The monoisotopic (exact) mass is 393 g/mol. The molecule has 27 heavy (non-hydrogen) atoms. The van der Waals surface area contributed by atoms with Crippen LogP contribution in [-0.2, 0) is 5.41 Å². The van der Waals surface area contributed by atoms with Gasteiger partial charge in [-0.05, 0) is 54.4 Å². The quantitative estimate of drug-likeness (QED) is 0.362. The Kier molecular flexibility index (Phi) is 2.85. The number of nitrogens with one attached hydrogen (secondary N) is 2. The first-order chi connectivity index (χ1) is 13.0. The Morgan fingerprint density at radius 3 is 2.63 bits per heavy atom. The van der Waals surface area contributed by atoms with Crippen LogP contribution in [0.15, 0.2) is 48.8 Å². The van der Waals surface area contributed by atoms with Crippen molar-refractivity contribution in [3.63, 3.8) is 0 Å². The van der Waals surface area contributed by atoms with Crippen molar-refractivity contribution in [2.75, 3.05) is 11.9 Å². The maximum atomic E-state index is 6.40. The third-order valence-electron chi connectivity index (χ3n) is 6.47. The second kappa shape index (κ2) is 4.92. The van der Waals surface area contributed by atoms with E-state index in [0.29, 0.717) is 0 Å². The molecule has 1 aliphatic heterocycles. The van der Waals surface area contributed by atoms with Crippen molar-refractivity contribution in [1.82, 2.24) is 9.97 Å². The maximum Gasteiger partial charge on any atom is 0.0831 e. The molecule has 2 atom stereocenters. The van der Waals surface area contributed by atoms with Crippen molar-refractivity contribution in [1.29, 1.82) is 0 Å². The lowest BCUT2D eigenvalue weighted by Gasteiger charge is -2.39. The van der Waals surface area contributed by atoms with Crippen LogP contribution in [0, 0.1) is 0 Å². The van der Waals surface area contributed by atoms with Crippen LogP contribution in [0.4, 0.5) is 5.69 Å². The van der Waals surface area contributed by atoms with Crippen LogP contribution >= 0.6 is 23.2 Å². The molecule has 0 spiro atoms. The summed E-state index contributed by atoms with van der Waals surface area (Å²) in [4.78, 5) is 9.43. The average Bonchev–Trinajstić information content (AvgIpc) is 3.30. The molecule has 6 rings (SSSR count). The van der Waals surface area contributed by atoms with Gasteiger partial charge in [0, 0.05) is 68.3 Å². The van der Waals surface area contributed by atoms with Crippen LogP contribution in [0.2, 0.25) is 10.0 Å². The number of rotatable bonds is 0. The predicted octanol–water partition coefficient (Wildman–Crippen LogP) is 6.28. The Morgan fingerprint density at radius 2 is 1.78 bits per heavy atom. The molecule has 3 heterocycles. The zero-order valence-corrected chi connectivity index (χ0v) is 16.4. The fourth-order valence-electron chi connectivity index (χ4n) is 5.36. The summed E-state index contributed by atoms with van der Waals surface area (Å²) in [6, 6.07) is 12.5. The van der Waals surface area contributed by atoms with Crippen LogP contribution < -0.4 is 4.90 Å². The van der Waals surface area contributed by atoms with E-state index in [-0.39, 0.29) is 11.5 Å². The van der Waals surface area contributed by atoms with Gasteiger partial charge in [0.15, 0.2) is 0 Å². The molecule has 2 aliphatic rings. The minimum atomic E-state index is -0.192. The Labute approximate surface area is 166 Å². The number of H-pyrrole nitrogens is 2. The van der Waals surface area contributed by atoms with Gasteiger partial charge >= 0.3 is 0 Å². The third-order valence-corrected chi connectivity index (χ3v) is 6.94. The SMILES string of the molecule is CN1c2ccc(Cl)cc2[C@@]2(C)c3c[nH]cc3-c3c([nH]c4ccc(Cl)cc34)[C@@H]12. The van der Waals surface area contributed by atoms with Gasteiger partial charge in [0.2, 0.25) is 0 Å². The average molecular weight is 394 g/mol. The molecule has 4 aromatic rings. The maximum absolute atomic E-state index is 6.40. The van der Waals surface area contributed by atoms with Crippen molar-refractivity contribution in [3.8, 4) is 11.1 Å². The summed E-state index contributed by atoms with van der Waals surface area (Å²) < 4.78 is 0. The standard InChI is InChI=1S/C22H17Cl2N3/c1-22-15-8-12(24)4-6-18(15)27(2)21(22)20-19(14-9-25-10-16(14)22)13-7-11(23)3-5-17(13)26-20/h3-10,21,25-26H,1-2H3/t21-,22+/m1/s1. The Morgan fingerprint density at radius 1 is 1.00 bits per heavy atom. The zero-order valence-electron chi connectivity index (χ0n) is 14.9. The van der Waals surface area contributed by atoms with Gasteiger partial charge in [0.05, 0.1) is 6.04 Å². The number of likely N-dealkylation sites (N-methyl/N-ethyl adjacent to an activating group) is 1. The molecule has 2 N–H and O–H groups in total. The van der Waals surface area contributed by atoms with E-state index in [4.69, 9.17) is 23.2 Å². The van der Waals surface area contributed by atoms with E-state index in [1.807, 2.05) is 12.1 Å². The lowest BCUT2D eigenvalue weighted by atomic mass is 9.66. The number of aromatic amines is 2. The number of benzene rings is 2. The minimum Gasteiger partial charge on any atom is -0.367 e. The predicted molar refractivity (Wildman–Crippen MR) is 112 cm³/mol. The second-order valence-corrected chi connectivity index (χ2v) is 8.64. The van der Waals surface area contributed by atoms with Gasteiger partial charge in [0.1, 0.15) is 0 Å². The normalized spacial score (nSPS) is 22.5. The van der Waals surface area contributed by atoms with Crippen LogP contribution in [0.5, 0.6) is 0 Å². The van der Waals surface area contributed by atoms with E-state index in [0.717, 1.165) is 15.6 Å². The molecule has 2 aromatic carbocycles. The topological polar surface area (TPSA) is 34.8 Å². The number of hydrogen-bond acceptors (Lipinski definition) is 1. The zero-order chi connectivity index (χ0) is 18.5. The Balaban J connectivity index is 1.76. The molecule has 0 amide bonds. The van der Waals surface area contributed by atoms with Crippen LogP contribution in [0.3, 0.4) is 0 Å². The molecule has 5 heteroatoms. The van der Waals surface area contributed by atoms with Crippen molar-refractivity contribution in [2.45, 2.75) is 18.4 Å². The number of anilines is 1. The molecular weight excluding hydrogens is 377 g/mol. The van der Waals surface area contributed by atoms with Gasteiger partial charge in [0.25, 0.3) is 0 Å². The summed E-state index contributed by atoms with van der Waals surface area (Å²) >= 11 is 12.7. The van der Waals surface area contributed by atoms with Gasteiger partial charge in [-0.3, -0.25) is 0 Å². The molecule has 0 radical (unpaired) electrons. The lowest BCUT2D eigenvalue weighted by molar-refractivity contribution is 0.464. The van der Waals surface area contributed by atoms with Gasteiger partial charge in [-0.1, -0.05) is 23.2 Å². The highest BCUT2D eigenvalue weighted by atomic mass is 35.5.